The molecule has 1 aromatic heterocycles. The summed E-state index contributed by atoms with van der Waals surface area (Å²) in [6, 6.07) is 12.8. The Balaban J connectivity index is 1.66. The Morgan fingerprint density at radius 2 is 1.96 bits per heavy atom. The fraction of sp³-hybridized carbons (Fsp3) is 0.211. The van der Waals surface area contributed by atoms with E-state index in [1.807, 2.05) is 30.3 Å². The maximum atomic E-state index is 11.5. The molecule has 1 amide bonds. The van der Waals surface area contributed by atoms with Crippen molar-refractivity contribution in [3.05, 3.63) is 65.5 Å². The van der Waals surface area contributed by atoms with Gasteiger partial charge in [0, 0.05) is 24.7 Å². The van der Waals surface area contributed by atoms with Crippen LogP contribution in [0.2, 0.25) is 0 Å². The largest absolute Gasteiger partial charge is 0.481 e. The minimum Gasteiger partial charge on any atom is -0.481 e. The van der Waals surface area contributed by atoms with Crippen LogP contribution >= 0.6 is 0 Å². The van der Waals surface area contributed by atoms with Crippen LogP contribution in [0.25, 0.3) is 0 Å². The number of nitrogens with zero attached hydrogens (tertiary/aromatic N) is 1. The van der Waals surface area contributed by atoms with Gasteiger partial charge >= 0.3 is 12.1 Å². The average molecular weight is 338 g/mol. The summed E-state index contributed by atoms with van der Waals surface area (Å²) in [5.74, 6) is 4.90. The molecule has 0 unspecified atom stereocenters. The van der Waals surface area contributed by atoms with Gasteiger partial charge in [0.15, 0.2) is 0 Å². The molecule has 0 saturated carbocycles. The van der Waals surface area contributed by atoms with Gasteiger partial charge in [0.2, 0.25) is 0 Å². The van der Waals surface area contributed by atoms with Gasteiger partial charge in [-0.15, -0.1) is 0 Å². The maximum Gasteiger partial charge on any atom is 0.407 e. The first-order chi connectivity index (χ1) is 12.1. The number of carboxylic acids is 1. The first-order valence-corrected chi connectivity index (χ1v) is 7.73. The number of aromatic nitrogens is 1. The van der Waals surface area contributed by atoms with E-state index in [0.29, 0.717) is 24.2 Å². The van der Waals surface area contributed by atoms with Crippen LogP contribution in [0, 0.1) is 11.8 Å². The third kappa shape index (κ3) is 7.18. The highest BCUT2D eigenvalue weighted by molar-refractivity contribution is 5.69. The molecule has 1 heterocycles. The number of hydrogen-bond acceptors (Lipinski definition) is 4. The molecule has 1 aromatic carbocycles. The van der Waals surface area contributed by atoms with Crippen molar-refractivity contribution >= 4 is 12.1 Å². The lowest BCUT2D eigenvalue weighted by molar-refractivity contribution is -0.136. The van der Waals surface area contributed by atoms with Gasteiger partial charge in [-0.05, 0) is 17.7 Å². The predicted octanol–water partition coefficient (Wildman–Crippen LogP) is 2.38. The van der Waals surface area contributed by atoms with Gasteiger partial charge in [0.05, 0.1) is 12.1 Å². The summed E-state index contributed by atoms with van der Waals surface area (Å²) >= 11 is 0. The number of carbonyl (C=O) groups excluding carboxylic acids is 1. The lowest BCUT2D eigenvalue weighted by Crippen LogP contribution is -2.24. The fourth-order valence-corrected chi connectivity index (χ4v) is 1.92. The van der Waals surface area contributed by atoms with E-state index in [4.69, 9.17) is 9.84 Å². The zero-order valence-electron chi connectivity index (χ0n) is 13.6. The molecule has 6 nitrogen and oxygen atoms in total. The highest BCUT2D eigenvalue weighted by Gasteiger charge is 2.01. The number of rotatable bonds is 6. The van der Waals surface area contributed by atoms with E-state index in [1.165, 1.54) is 6.20 Å². The second-order valence-electron chi connectivity index (χ2n) is 5.15. The van der Waals surface area contributed by atoms with E-state index in [-0.39, 0.29) is 13.0 Å². The molecule has 2 rings (SSSR count). The molecule has 0 bridgehead atoms. The zero-order valence-corrected chi connectivity index (χ0v) is 13.6. The molecule has 25 heavy (non-hydrogen) atoms. The van der Waals surface area contributed by atoms with Crippen molar-refractivity contribution in [2.24, 2.45) is 0 Å². The van der Waals surface area contributed by atoms with Crippen molar-refractivity contribution in [1.29, 1.82) is 0 Å². The topological polar surface area (TPSA) is 88.5 Å². The molecule has 2 N–H and O–H groups in total. The minimum atomic E-state index is -0.920. The van der Waals surface area contributed by atoms with Crippen LogP contribution in [0.4, 0.5) is 4.79 Å². The van der Waals surface area contributed by atoms with Crippen molar-refractivity contribution in [2.75, 3.05) is 6.54 Å². The summed E-state index contributed by atoms with van der Waals surface area (Å²) in [4.78, 5) is 26.1. The van der Waals surface area contributed by atoms with Crippen LogP contribution in [0.1, 0.15) is 23.2 Å². The third-order valence-electron chi connectivity index (χ3n) is 3.12. The molecule has 6 heteroatoms. The second-order valence-corrected chi connectivity index (χ2v) is 5.15. The summed E-state index contributed by atoms with van der Waals surface area (Å²) in [6.45, 7) is 0.609. The van der Waals surface area contributed by atoms with E-state index < -0.39 is 12.1 Å². The number of alkyl carbamates (subject to hydrolysis) is 1. The number of carboxylic acid groups (broad SMARTS) is 1. The zero-order chi connectivity index (χ0) is 17.9. The van der Waals surface area contributed by atoms with E-state index in [2.05, 4.69) is 22.1 Å². The molecular weight excluding hydrogens is 320 g/mol. The number of pyridine rings is 1. The lowest BCUT2D eigenvalue weighted by Gasteiger charge is -2.05. The van der Waals surface area contributed by atoms with Gasteiger partial charge in [-0.25, -0.2) is 4.79 Å². The Morgan fingerprint density at radius 3 is 2.64 bits per heavy atom. The summed E-state index contributed by atoms with van der Waals surface area (Å²) in [5.41, 5.74) is 2.11. The molecule has 0 spiro atoms. The number of amides is 1. The number of hydrogen-bond donors (Lipinski definition) is 2. The Morgan fingerprint density at radius 1 is 1.16 bits per heavy atom. The van der Waals surface area contributed by atoms with E-state index >= 15 is 0 Å². The highest BCUT2D eigenvalue weighted by Crippen LogP contribution is 2.01. The molecule has 2 aromatic rings. The van der Waals surface area contributed by atoms with Gasteiger partial charge < -0.3 is 15.2 Å². The van der Waals surface area contributed by atoms with Crippen LogP contribution in [0.3, 0.4) is 0 Å². The molecule has 0 fully saturated rings. The first-order valence-electron chi connectivity index (χ1n) is 7.73. The summed E-state index contributed by atoms with van der Waals surface area (Å²) < 4.78 is 5.08. The molecule has 0 aliphatic heterocycles. The minimum absolute atomic E-state index is 0.108. The number of benzene rings is 1. The Hall–Kier alpha value is -3.33. The summed E-state index contributed by atoms with van der Waals surface area (Å²) in [5, 5.41) is 11.3. The monoisotopic (exact) mass is 338 g/mol. The summed E-state index contributed by atoms with van der Waals surface area (Å²) in [6.07, 6.45) is 1.41. The Kier molecular flexibility index (Phi) is 7.01. The SMILES string of the molecule is O=C(O)Cc1ccc(C#CCCNC(=O)OCc2ccccc2)cn1. The smallest absolute Gasteiger partial charge is 0.407 e. The third-order valence-corrected chi connectivity index (χ3v) is 3.12. The number of nitrogens with one attached hydrogen (secondary N) is 1. The second kappa shape index (κ2) is 9.73. The van der Waals surface area contributed by atoms with Crippen LogP contribution in [-0.2, 0) is 22.6 Å². The van der Waals surface area contributed by atoms with Crippen LogP contribution in [-0.4, -0.2) is 28.7 Å². The van der Waals surface area contributed by atoms with Crippen molar-refractivity contribution in [1.82, 2.24) is 10.3 Å². The average Bonchev–Trinajstić information content (AvgIpc) is 2.61. The maximum absolute atomic E-state index is 11.5. The standard InChI is InChI=1S/C19H18N2O4/c22-18(23)12-17-10-9-15(13-21-17)6-4-5-11-20-19(24)25-14-16-7-2-1-3-8-16/h1-3,7-10,13H,5,11-12,14H2,(H,20,24)(H,22,23). The first kappa shape index (κ1) is 18.0. The van der Waals surface area contributed by atoms with Gasteiger partial charge in [-0.2, -0.15) is 0 Å². The highest BCUT2D eigenvalue weighted by atomic mass is 16.5. The molecule has 0 aliphatic rings. The fourth-order valence-electron chi connectivity index (χ4n) is 1.92. The molecular formula is C19H18N2O4. The van der Waals surface area contributed by atoms with Gasteiger partial charge in [-0.1, -0.05) is 42.2 Å². The van der Waals surface area contributed by atoms with Crippen molar-refractivity contribution in [3.8, 4) is 11.8 Å². The van der Waals surface area contributed by atoms with Crippen molar-refractivity contribution in [2.45, 2.75) is 19.4 Å². The summed E-state index contributed by atoms with van der Waals surface area (Å²) in [7, 11) is 0. The quantitative estimate of drug-likeness (QED) is 0.623. The van der Waals surface area contributed by atoms with Crippen molar-refractivity contribution in [3.63, 3.8) is 0 Å². The van der Waals surface area contributed by atoms with Gasteiger partial charge in [0.25, 0.3) is 0 Å². The normalized spacial score (nSPS) is 9.60. The Bertz CT molecular complexity index is 762. The van der Waals surface area contributed by atoms with E-state index in [0.717, 1.165) is 5.56 Å². The van der Waals surface area contributed by atoms with Crippen molar-refractivity contribution < 1.29 is 19.4 Å². The van der Waals surface area contributed by atoms with Crippen LogP contribution < -0.4 is 5.32 Å². The van der Waals surface area contributed by atoms with Crippen LogP contribution in [0.5, 0.6) is 0 Å². The molecule has 0 saturated heterocycles. The molecule has 0 atom stereocenters. The van der Waals surface area contributed by atoms with Gasteiger partial charge in [-0.3, -0.25) is 9.78 Å². The number of carbonyl (C=O) groups is 2. The molecule has 0 radical (unpaired) electrons. The number of aliphatic carboxylic acids is 1. The molecule has 128 valence electrons. The predicted molar refractivity (Wildman–Crippen MR) is 91.7 cm³/mol. The number of ether oxygens (including phenoxy) is 1. The Labute approximate surface area is 145 Å². The molecule has 0 aliphatic carbocycles. The van der Waals surface area contributed by atoms with E-state index in [9.17, 15) is 9.59 Å². The van der Waals surface area contributed by atoms with E-state index in [1.54, 1.807) is 12.1 Å². The van der Waals surface area contributed by atoms with Gasteiger partial charge in [0.1, 0.15) is 6.61 Å². The van der Waals surface area contributed by atoms with Crippen LogP contribution in [0.15, 0.2) is 48.7 Å². The lowest BCUT2D eigenvalue weighted by atomic mass is 10.2.